The summed E-state index contributed by atoms with van der Waals surface area (Å²) in [5.41, 5.74) is -0.340. The van der Waals surface area contributed by atoms with Crippen LogP contribution >= 0.6 is 0 Å². The Bertz CT molecular complexity index is 522. The van der Waals surface area contributed by atoms with E-state index < -0.39 is 12.3 Å². The molecule has 2 rings (SSSR count). The molecule has 0 fully saturated rings. The minimum atomic E-state index is -2.05. The summed E-state index contributed by atoms with van der Waals surface area (Å²) in [7, 11) is 0. The Kier molecular flexibility index (Phi) is 4.31. The molecule has 0 amide bonds. The van der Waals surface area contributed by atoms with Crippen molar-refractivity contribution in [3.05, 3.63) is 71.3 Å². The fourth-order valence-electron chi connectivity index (χ4n) is 2.40. The summed E-state index contributed by atoms with van der Waals surface area (Å²) in [5, 5.41) is 0. The molecule has 0 saturated carbocycles. The Morgan fingerprint density at radius 1 is 0.947 bits per heavy atom. The van der Waals surface area contributed by atoms with Crippen LogP contribution in [-0.2, 0) is 12.1 Å². The minimum absolute atomic E-state index is 0.376. The van der Waals surface area contributed by atoms with Gasteiger partial charge in [-0.05, 0) is 23.1 Å². The summed E-state index contributed by atoms with van der Waals surface area (Å²) in [6.07, 6.45) is 1.67. The van der Waals surface area contributed by atoms with Crippen molar-refractivity contribution in [1.29, 1.82) is 0 Å². The minimum Gasteiger partial charge on any atom is -0.247 e. The first-order chi connectivity index (χ1) is 9.22. The Balaban J connectivity index is 2.53. The zero-order valence-electron chi connectivity index (χ0n) is 11.1. The van der Waals surface area contributed by atoms with Crippen LogP contribution in [0.5, 0.6) is 0 Å². The first-order valence-electron chi connectivity index (χ1n) is 6.61. The van der Waals surface area contributed by atoms with Crippen molar-refractivity contribution in [2.45, 2.75) is 25.4 Å². The third-order valence-corrected chi connectivity index (χ3v) is 3.38. The van der Waals surface area contributed by atoms with E-state index in [1.54, 1.807) is 42.5 Å². The number of benzene rings is 2. The maximum atomic E-state index is 15.2. The van der Waals surface area contributed by atoms with Crippen LogP contribution < -0.4 is 0 Å². The van der Waals surface area contributed by atoms with E-state index in [4.69, 9.17) is 0 Å². The Morgan fingerprint density at radius 3 is 2.21 bits per heavy atom. The molecule has 0 aromatic heterocycles. The molecule has 1 unspecified atom stereocenters. The molecule has 0 aliphatic rings. The van der Waals surface area contributed by atoms with Crippen molar-refractivity contribution in [2.24, 2.45) is 0 Å². The van der Waals surface area contributed by atoms with E-state index in [0.717, 1.165) is 18.4 Å². The number of aryl methyl sites for hydroxylation is 1. The number of rotatable bonds is 5. The highest BCUT2D eigenvalue weighted by molar-refractivity contribution is 5.41. The Hall–Kier alpha value is -1.70. The molecular weight excluding hydrogens is 242 g/mol. The van der Waals surface area contributed by atoms with Crippen LogP contribution in [0.25, 0.3) is 0 Å². The van der Waals surface area contributed by atoms with Crippen molar-refractivity contribution >= 4 is 0 Å². The largest absolute Gasteiger partial charge is 0.247 e. The van der Waals surface area contributed by atoms with Crippen LogP contribution in [0.15, 0.2) is 54.6 Å². The fourth-order valence-corrected chi connectivity index (χ4v) is 2.40. The second-order valence-corrected chi connectivity index (χ2v) is 4.71. The van der Waals surface area contributed by atoms with Gasteiger partial charge in [0.1, 0.15) is 6.67 Å². The van der Waals surface area contributed by atoms with E-state index >= 15 is 4.39 Å². The average Bonchev–Trinajstić information content (AvgIpc) is 2.48. The number of halogens is 2. The molecule has 19 heavy (non-hydrogen) atoms. The summed E-state index contributed by atoms with van der Waals surface area (Å²) in [4.78, 5) is 0. The number of alkyl halides is 2. The molecule has 0 aliphatic carbocycles. The summed E-state index contributed by atoms with van der Waals surface area (Å²) in [6, 6.07) is 15.8. The molecule has 0 heterocycles. The molecule has 2 heteroatoms. The monoisotopic (exact) mass is 260 g/mol. The standard InChI is InChI=1S/C17H18F2/c1-2-8-14-9-6-7-12-16(14)17(19,13-18)15-10-4-3-5-11-15/h3-7,9-12H,2,8,13H2,1H3. The van der Waals surface area contributed by atoms with Gasteiger partial charge in [-0.15, -0.1) is 0 Å². The van der Waals surface area contributed by atoms with Gasteiger partial charge in [0.25, 0.3) is 0 Å². The van der Waals surface area contributed by atoms with Crippen molar-refractivity contribution < 1.29 is 8.78 Å². The molecule has 100 valence electrons. The highest BCUT2D eigenvalue weighted by Crippen LogP contribution is 2.36. The van der Waals surface area contributed by atoms with Gasteiger partial charge in [-0.25, -0.2) is 8.78 Å². The van der Waals surface area contributed by atoms with Gasteiger partial charge in [0.05, 0.1) is 0 Å². The molecule has 0 bridgehead atoms. The molecule has 1 atom stereocenters. The van der Waals surface area contributed by atoms with Gasteiger partial charge in [0, 0.05) is 0 Å². The predicted molar refractivity (Wildman–Crippen MR) is 74.7 cm³/mol. The zero-order valence-corrected chi connectivity index (χ0v) is 11.1. The Morgan fingerprint density at radius 2 is 1.58 bits per heavy atom. The third kappa shape index (κ3) is 2.67. The highest BCUT2D eigenvalue weighted by Gasteiger charge is 2.35. The van der Waals surface area contributed by atoms with Crippen LogP contribution in [-0.4, -0.2) is 6.67 Å². The summed E-state index contributed by atoms with van der Waals surface area (Å²) in [6.45, 7) is 0.992. The highest BCUT2D eigenvalue weighted by atomic mass is 19.2. The first kappa shape index (κ1) is 13.7. The van der Waals surface area contributed by atoms with Crippen LogP contribution in [0.4, 0.5) is 8.78 Å². The van der Waals surface area contributed by atoms with E-state index in [1.165, 1.54) is 0 Å². The van der Waals surface area contributed by atoms with E-state index in [-0.39, 0.29) is 0 Å². The lowest BCUT2D eigenvalue weighted by atomic mass is 9.85. The Labute approximate surface area is 113 Å². The van der Waals surface area contributed by atoms with Gasteiger partial charge >= 0.3 is 0 Å². The quantitative estimate of drug-likeness (QED) is 0.723. The molecule has 2 aromatic rings. The van der Waals surface area contributed by atoms with Gasteiger partial charge in [-0.3, -0.25) is 0 Å². The maximum Gasteiger partial charge on any atom is 0.189 e. The first-order valence-corrected chi connectivity index (χ1v) is 6.61. The molecule has 0 radical (unpaired) electrons. The van der Waals surface area contributed by atoms with E-state index in [2.05, 4.69) is 0 Å². The molecular formula is C17H18F2. The summed E-state index contributed by atoms with van der Waals surface area (Å²) in [5.74, 6) is 0. The van der Waals surface area contributed by atoms with E-state index in [0.29, 0.717) is 11.1 Å². The van der Waals surface area contributed by atoms with Gasteiger partial charge in [-0.2, -0.15) is 0 Å². The second kappa shape index (κ2) is 5.96. The normalized spacial score (nSPS) is 14.1. The fraction of sp³-hybridized carbons (Fsp3) is 0.294. The van der Waals surface area contributed by atoms with Gasteiger partial charge in [0.15, 0.2) is 5.67 Å². The maximum absolute atomic E-state index is 15.2. The molecule has 2 aromatic carbocycles. The lowest BCUT2D eigenvalue weighted by Gasteiger charge is -2.25. The van der Waals surface area contributed by atoms with Gasteiger partial charge in [0.2, 0.25) is 0 Å². The average molecular weight is 260 g/mol. The molecule has 0 spiro atoms. The molecule has 0 aliphatic heterocycles. The number of hydrogen-bond acceptors (Lipinski definition) is 0. The molecule has 0 nitrogen and oxygen atoms in total. The smallest absolute Gasteiger partial charge is 0.189 e. The van der Waals surface area contributed by atoms with Gasteiger partial charge < -0.3 is 0 Å². The third-order valence-electron chi connectivity index (χ3n) is 3.38. The SMILES string of the molecule is CCCc1ccccc1C(F)(CF)c1ccccc1. The second-order valence-electron chi connectivity index (χ2n) is 4.71. The van der Waals surface area contributed by atoms with Crippen LogP contribution in [0, 0.1) is 0 Å². The lowest BCUT2D eigenvalue weighted by Crippen LogP contribution is -2.26. The van der Waals surface area contributed by atoms with Crippen molar-refractivity contribution in [2.75, 3.05) is 6.67 Å². The molecule has 0 N–H and O–H groups in total. The lowest BCUT2D eigenvalue weighted by molar-refractivity contribution is 0.166. The van der Waals surface area contributed by atoms with E-state index in [1.807, 2.05) is 19.1 Å². The van der Waals surface area contributed by atoms with Crippen molar-refractivity contribution in [3.8, 4) is 0 Å². The molecule has 0 saturated heterocycles. The number of hydrogen-bond donors (Lipinski definition) is 0. The predicted octanol–water partition coefficient (Wildman–Crippen LogP) is 4.82. The zero-order chi connectivity index (χ0) is 13.7. The summed E-state index contributed by atoms with van der Waals surface area (Å²) >= 11 is 0. The van der Waals surface area contributed by atoms with Crippen molar-refractivity contribution in [3.63, 3.8) is 0 Å². The summed E-state index contributed by atoms with van der Waals surface area (Å²) < 4.78 is 28.7. The van der Waals surface area contributed by atoms with E-state index in [9.17, 15) is 4.39 Å². The van der Waals surface area contributed by atoms with Crippen LogP contribution in [0.2, 0.25) is 0 Å². The van der Waals surface area contributed by atoms with Crippen LogP contribution in [0.3, 0.4) is 0 Å². The van der Waals surface area contributed by atoms with Crippen LogP contribution in [0.1, 0.15) is 30.0 Å². The topological polar surface area (TPSA) is 0 Å². The van der Waals surface area contributed by atoms with Gasteiger partial charge in [-0.1, -0.05) is 67.9 Å². The van der Waals surface area contributed by atoms with Crippen molar-refractivity contribution in [1.82, 2.24) is 0 Å².